The van der Waals surface area contributed by atoms with E-state index < -0.39 is 5.60 Å². The summed E-state index contributed by atoms with van der Waals surface area (Å²) in [6.45, 7) is 3.61. The van der Waals surface area contributed by atoms with Crippen LogP contribution in [0.15, 0.2) is 24.4 Å². The second-order valence-electron chi connectivity index (χ2n) is 7.47. The number of carbonyl (C=O) groups excluding carboxylic acids is 1. The van der Waals surface area contributed by atoms with Crippen LogP contribution < -0.4 is 5.32 Å². The molecular weight excluding hydrogens is 352 g/mol. The fraction of sp³-hybridized carbons (Fsp3) is 0.550. The highest BCUT2D eigenvalue weighted by molar-refractivity contribution is 6.36. The minimum Gasteiger partial charge on any atom is -0.388 e. The molecule has 1 heterocycles. The van der Waals surface area contributed by atoms with E-state index in [9.17, 15) is 9.90 Å². The van der Waals surface area contributed by atoms with E-state index in [1.165, 1.54) is 0 Å². The Morgan fingerprint density at radius 3 is 3.04 bits per heavy atom. The molecule has 0 spiro atoms. The number of benzene rings is 1. The number of nitrogens with one attached hydrogen (secondary N) is 1. The van der Waals surface area contributed by atoms with Gasteiger partial charge in [0.1, 0.15) is 0 Å². The number of carbonyl (C=O) groups is 1. The van der Waals surface area contributed by atoms with Gasteiger partial charge in [-0.25, -0.2) is 0 Å². The maximum Gasteiger partial charge on any atom is 0.253 e. The van der Waals surface area contributed by atoms with Crippen molar-refractivity contribution in [2.45, 2.75) is 44.8 Å². The van der Waals surface area contributed by atoms with Crippen molar-refractivity contribution in [3.63, 3.8) is 0 Å². The van der Waals surface area contributed by atoms with E-state index in [0.29, 0.717) is 29.7 Å². The topological polar surface area (TPSA) is 63.5 Å². The number of aromatic nitrogens is 1. The van der Waals surface area contributed by atoms with Crippen LogP contribution in [0.2, 0.25) is 5.02 Å². The summed E-state index contributed by atoms with van der Waals surface area (Å²) in [6.07, 6.45) is 5.41. The molecule has 2 atom stereocenters. The highest BCUT2D eigenvalue weighted by atomic mass is 35.5. The maximum absolute atomic E-state index is 12.8. The third kappa shape index (κ3) is 4.05. The van der Waals surface area contributed by atoms with Gasteiger partial charge in [-0.15, -0.1) is 0 Å². The van der Waals surface area contributed by atoms with Gasteiger partial charge in [0.15, 0.2) is 0 Å². The van der Waals surface area contributed by atoms with Crippen molar-refractivity contribution < 1.29 is 14.6 Å². The van der Waals surface area contributed by atoms with E-state index >= 15 is 0 Å². The van der Waals surface area contributed by atoms with Crippen molar-refractivity contribution in [1.29, 1.82) is 0 Å². The number of methoxy groups -OCH3 is 1. The molecule has 0 radical (unpaired) electrons. The van der Waals surface area contributed by atoms with Crippen LogP contribution in [0, 0.1) is 5.92 Å². The average Bonchev–Trinajstić information content (AvgIpc) is 2.98. The van der Waals surface area contributed by atoms with Crippen molar-refractivity contribution in [1.82, 2.24) is 9.88 Å². The molecule has 2 aromatic rings. The zero-order valence-electron chi connectivity index (χ0n) is 15.4. The maximum atomic E-state index is 12.8. The SMILES string of the molecule is COCCn1cc(C(=O)NC[C@]2(O)CCC[C@H](C)C2)c2c(Cl)cccc21. The summed E-state index contributed by atoms with van der Waals surface area (Å²) in [5, 5.41) is 15.0. The molecule has 142 valence electrons. The lowest BCUT2D eigenvalue weighted by atomic mass is 9.79. The Hall–Kier alpha value is -1.56. The highest BCUT2D eigenvalue weighted by Crippen LogP contribution is 2.32. The molecule has 0 bridgehead atoms. The molecule has 2 N–H and O–H groups in total. The lowest BCUT2D eigenvalue weighted by Gasteiger charge is -2.35. The van der Waals surface area contributed by atoms with Crippen LogP contribution in [0.1, 0.15) is 43.0 Å². The lowest BCUT2D eigenvalue weighted by molar-refractivity contribution is -0.0109. The molecule has 0 aliphatic heterocycles. The van der Waals surface area contributed by atoms with Gasteiger partial charge in [0.05, 0.1) is 28.3 Å². The van der Waals surface area contributed by atoms with Crippen molar-refractivity contribution in [2.75, 3.05) is 20.3 Å². The minimum absolute atomic E-state index is 0.203. The van der Waals surface area contributed by atoms with E-state index in [0.717, 1.165) is 36.6 Å². The van der Waals surface area contributed by atoms with Crippen LogP contribution in [0.5, 0.6) is 0 Å². The van der Waals surface area contributed by atoms with E-state index in [2.05, 4.69) is 12.2 Å². The highest BCUT2D eigenvalue weighted by Gasteiger charge is 2.33. The molecule has 1 amide bonds. The van der Waals surface area contributed by atoms with Crippen LogP contribution in [-0.2, 0) is 11.3 Å². The van der Waals surface area contributed by atoms with Gasteiger partial charge in [-0.1, -0.05) is 37.4 Å². The Morgan fingerprint density at radius 1 is 1.50 bits per heavy atom. The zero-order chi connectivity index (χ0) is 18.7. The second-order valence-corrected chi connectivity index (χ2v) is 7.88. The standard InChI is InChI=1S/C20H27ClN2O3/c1-14-5-4-8-20(25,11-14)13-22-19(24)15-12-23(9-10-26-2)17-7-3-6-16(21)18(15)17/h3,6-7,12,14,25H,4-5,8-11,13H2,1-2H3,(H,22,24)/t14-,20-/m0/s1. The number of amides is 1. The van der Waals surface area contributed by atoms with Crippen molar-refractivity contribution in [2.24, 2.45) is 5.92 Å². The minimum atomic E-state index is -0.814. The molecule has 1 saturated carbocycles. The number of aliphatic hydroxyl groups is 1. The van der Waals surface area contributed by atoms with E-state index in [4.69, 9.17) is 16.3 Å². The molecule has 5 nitrogen and oxygen atoms in total. The Balaban J connectivity index is 1.81. The van der Waals surface area contributed by atoms with Gasteiger partial charge in [-0.2, -0.15) is 0 Å². The summed E-state index contributed by atoms with van der Waals surface area (Å²) in [4.78, 5) is 12.8. The first kappa shape index (κ1) is 19.2. The quantitative estimate of drug-likeness (QED) is 0.807. The monoisotopic (exact) mass is 378 g/mol. The lowest BCUT2D eigenvalue weighted by Crippen LogP contribution is -2.45. The first-order valence-corrected chi connectivity index (χ1v) is 9.58. The number of hydrogen-bond donors (Lipinski definition) is 2. The van der Waals surface area contributed by atoms with Crippen molar-refractivity contribution in [3.05, 3.63) is 35.0 Å². The Morgan fingerprint density at radius 2 is 2.31 bits per heavy atom. The van der Waals surface area contributed by atoms with E-state index in [1.54, 1.807) is 13.2 Å². The predicted octanol–water partition coefficient (Wildman–Crippen LogP) is 3.61. The largest absolute Gasteiger partial charge is 0.388 e. The summed E-state index contributed by atoms with van der Waals surface area (Å²) in [7, 11) is 1.65. The fourth-order valence-corrected chi connectivity index (χ4v) is 4.26. The third-order valence-electron chi connectivity index (χ3n) is 5.28. The molecule has 1 aromatic carbocycles. The summed E-state index contributed by atoms with van der Waals surface area (Å²) < 4.78 is 7.14. The van der Waals surface area contributed by atoms with Crippen LogP contribution >= 0.6 is 11.6 Å². The number of halogens is 1. The number of rotatable bonds is 6. The predicted molar refractivity (Wildman–Crippen MR) is 104 cm³/mol. The summed E-state index contributed by atoms with van der Waals surface area (Å²) in [6, 6.07) is 5.61. The van der Waals surface area contributed by atoms with Gasteiger partial charge >= 0.3 is 0 Å². The smallest absolute Gasteiger partial charge is 0.253 e. The average molecular weight is 379 g/mol. The van der Waals surface area contributed by atoms with Gasteiger partial charge in [-0.05, 0) is 30.9 Å². The van der Waals surface area contributed by atoms with Gasteiger partial charge in [0.2, 0.25) is 0 Å². The van der Waals surface area contributed by atoms with Gasteiger partial charge in [0, 0.05) is 31.8 Å². The van der Waals surface area contributed by atoms with E-state index in [-0.39, 0.29) is 12.5 Å². The van der Waals surface area contributed by atoms with Crippen LogP contribution in [0.4, 0.5) is 0 Å². The van der Waals surface area contributed by atoms with Crippen LogP contribution in [0.25, 0.3) is 10.9 Å². The summed E-state index contributed by atoms with van der Waals surface area (Å²) in [5.41, 5.74) is 0.629. The first-order chi connectivity index (χ1) is 12.4. The number of nitrogens with zero attached hydrogens (tertiary/aromatic N) is 1. The number of hydrogen-bond acceptors (Lipinski definition) is 3. The first-order valence-electron chi connectivity index (χ1n) is 9.20. The van der Waals surface area contributed by atoms with Gasteiger partial charge in [0.25, 0.3) is 5.91 Å². The Labute approximate surface area is 159 Å². The molecule has 1 aliphatic rings. The number of fused-ring (bicyclic) bond motifs is 1. The Bertz CT molecular complexity index is 789. The molecule has 1 aliphatic carbocycles. The van der Waals surface area contributed by atoms with Crippen LogP contribution in [0.3, 0.4) is 0 Å². The molecule has 0 saturated heterocycles. The van der Waals surface area contributed by atoms with Crippen molar-refractivity contribution in [3.8, 4) is 0 Å². The second kappa shape index (κ2) is 7.99. The molecule has 3 rings (SSSR count). The molecule has 1 aromatic heterocycles. The number of ether oxygens (including phenoxy) is 1. The normalized spacial score (nSPS) is 23.3. The third-order valence-corrected chi connectivity index (χ3v) is 5.60. The van der Waals surface area contributed by atoms with Crippen LogP contribution in [-0.4, -0.2) is 41.4 Å². The molecule has 6 heteroatoms. The summed E-state index contributed by atoms with van der Waals surface area (Å²) in [5.74, 6) is 0.280. The molecule has 1 fully saturated rings. The Kier molecular flexibility index (Phi) is 5.90. The van der Waals surface area contributed by atoms with Crippen molar-refractivity contribution >= 4 is 28.4 Å². The van der Waals surface area contributed by atoms with E-state index in [1.807, 2.05) is 22.9 Å². The van der Waals surface area contributed by atoms with Gasteiger partial charge in [-0.3, -0.25) is 4.79 Å². The fourth-order valence-electron chi connectivity index (χ4n) is 3.99. The summed E-state index contributed by atoms with van der Waals surface area (Å²) >= 11 is 6.38. The molecule has 0 unspecified atom stereocenters. The molecular formula is C20H27ClN2O3. The zero-order valence-corrected chi connectivity index (χ0v) is 16.2. The molecule has 26 heavy (non-hydrogen) atoms. The van der Waals surface area contributed by atoms with Gasteiger partial charge < -0.3 is 19.7 Å².